The standard InChI is InChI=1S/C34H39ClO11/c1-18(36)41-17-30-31(42-19(2)37)32(43-20(3)38)33(44-21(4)39)34(40-5,46-30)26-8-11-29(35)25(14-26)12-22-6-9-27(10-7-22)45-28-15-23-13-24(23)16-28/h6-11,14,23-24,28,30-33H,12-13,15-17H2,1-5H3/t23?,24?,28?,30-,31-,32+,33-,34?/m1/s1. The van der Waals surface area contributed by atoms with E-state index in [4.69, 9.17) is 44.8 Å². The minimum atomic E-state index is -1.91. The number of ether oxygens (including phenoxy) is 7. The predicted molar refractivity (Wildman–Crippen MR) is 163 cm³/mol. The molecule has 1 heterocycles. The van der Waals surface area contributed by atoms with Crippen molar-refractivity contribution in [2.45, 2.75) is 89.7 Å². The quantitative estimate of drug-likeness (QED) is 0.246. The van der Waals surface area contributed by atoms with Crippen LogP contribution in [0.4, 0.5) is 0 Å². The molecule has 1 aliphatic heterocycles. The molecule has 5 rings (SSSR count). The van der Waals surface area contributed by atoms with E-state index in [1.807, 2.05) is 24.3 Å². The summed E-state index contributed by atoms with van der Waals surface area (Å²) in [7, 11) is 1.33. The molecule has 2 aromatic carbocycles. The summed E-state index contributed by atoms with van der Waals surface area (Å²) in [6.07, 6.45) is -1.11. The van der Waals surface area contributed by atoms with Crippen molar-refractivity contribution in [2.24, 2.45) is 11.8 Å². The molecule has 3 unspecified atom stereocenters. The molecule has 248 valence electrons. The molecule has 3 aliphatic rings. The summed E-state index contributed by atoms with van der Waals surface area (Å²) >= 11 is 6.67. The van der Waals surface area contributed by atoms with Crippen molar-refractivity contribution in [3.8, 4) is 5.75 Å². The molecule has 1 saturated heterocycles. The highest BCUT2D eigenvalue weighted by Gasteiger charge is 2.61. The van der Waals surface area contributed by atoms with E-state index >= 15 is 0 Å². The maximum Gasteiger partial charge on any atom is 0.303 e. The topological polar surface area (TPSA) is 133 Å². The Balaban J connectivity index is 1.48. The van der Waals surface area contributed by atoms with Gasteiger partial charge in [-0.25, -0.2) is 0 Å². The van der Waals surface area contributed by atoms with Gasteiger partial charge in [-0.3, -0.25) is 19.2 Å². The first kappa shape index (κ1) is 33.7. The smallest absolute Gasteiger partial charge is 0.303 e. The molecule has 0 spiro atoms. The lowest BCUT2D eigenvalue weighted by Crippen LogP contribution is -2.67. The Hall–Kier alpha value is -3.67. The maximum atomic E-state index is 12.4. The van der Waals surface area contributed by atoms with E-state index in [1.54, 1.807) is 18.2 Å². The van der Waals surface area contributed by atoms with E-state index in [2.05, 4.69) is 0 Å². The Morgan fingerprint density at radius 2 is 1.46 bits per heavy atom. The number of halogens is 1. The number of esters is 4. The molecular weight excluding hydrogens is 620 g/mol. The Bertz CT molecular complexity index is 1450. The average molecular weight is 659 g/mol. The number of hydrogen-bond donors (Lipinski definition) is 0. The fraction of sp³-hybridized carbons (Fsp3) is 0.529. The van der Waals surface area contributed by atoms with E-state index in [0.29, 0.717) is 22.6 Å². The van der Waals surface area contributed by atoms with Crippen LogP contribution in [-0.2, 0) is 59.8 Å². The predicted octanol–water partition coefficient (Wildman–Crippen LogP) is 4.66. The zero-order chi connectivity index (χ0) is 33.2. The summed E-state index contributed by atoms with van der Waals surface area (Å²) in [5, 5.41) is 0.464. The molecule has 0 N–H and O–H groups in total. The van der Waals surface area contributed by atoms with Gasteiger partial charge in [0.25, 0.3) is 0 Å². The fourth-order valence-corrected chi connectivity index (χ4v) is 6.75. The van der Waals surface area contributed by atoms with E-state index in [0.717, 1.165) is 49.8 Å². The van der Waals surface area contributed by atoms with Gasteiger partial charge in [-0.1, -0.05) is 29.8 Å². The minimum Gasteiger partial charge on any atom is -0.490 e. The minimum absolute atomic E-state index is 0.271. The summed E-state index contributed by atoms with van der Waals surface area (Å²) in [5.41, 5.74) is 2.04. The molecule has 0 amide bonds. The lowest BCUT2D eigenvalue weighted by Gasteiger charge is -2.50. The van der Waals surface area contributed by atoms with E-state index in [1.165, 1.54) is 27.4 Å². The normalized spacial score (nSPS) is 29.7. The first-order chi connectivity index (χ1) is 21.9. The molecule has 0 aromatic heterocycles. The van der Waals surface area contributed by atoms with Crippen LogP contribution in [0, 0.1) is 11.8 Å². The molecule has 3 fully saturated rings. The molecular formula is C34H39ClO11. The van der Waals surface area contributed by atoms with E-state index in [-0.39, 0.29) is 12.7 Å². The molecule has 2 saturated carbocycles. The van der Waals surface area contributed by atoms with Crippen molar-refractivity contribution in [3.63, 3.8) is 0 Å². The van der Waals surface area contributed by atoms with Crippen LogP contribution >= 0.6 is 11.6 Å². The first-order valence-electron chi connectivity index (χ1n) is 15.3. The third-order valence-corrected chi connectivity index (χ3v) is 8.98. The number of hydrogen-bond acceptors (Lipinski definition) is 11. The number of fused-ring (bicyclic) bond motifs is 1. The molecule has 2 aromatic rings. The third-order valence-electron chi connectivity index (χ3n) is 8.61. The van der Waals surface area contributed by atoms with E-state index < -0.39 is 54.1 Å². The summed E-state index contributed by atoms with van der Waals surface area (Å²) < 4.78 is 40.7. The van der Waals surface area contributed by atoms with Gasteiger partial charge in [0, 0.05) is 45.4 Å². The Morgan fingerprint density at radius 3 is 2.04 bits per heavy atom. The highest BCUT2D eigenvalue weighted by Crippen LogP contribution is 2.52. The highest BCUT2D eigenvalue weighted by atomic mass is 35.5. The number of rotatable bonds is 11. The highest BCUT2D eigenvalue weighted by molar-refractivity contribution is 6.31. The van der Waals surface area contributed by atoms with Gasteiger partial charge in [0.2, 0.25) is 11.9 Å². The summed E-state index contributed by atoms with van der Waals surface area (Å²) in [6.45, 7) is 4.31. The van der Waals surface area contributed by atoms with Crippen LogP contribution in [-0.4, -0.2) is 68.1 Å². The first-order valence-corrected chi connectivity index (χ1v) is 15.7. The Kier molecular flexibility index (Phi) is 10.2. The molecule has 7 atom stereocenters. The zero-order valence-corrected chi connectivity index (χ0v) is 27.2. The second kappa shape index (κ2) is 14.0. The van der Waals surface area contributed by atoms with Gasteiger partial charge in [0.15, 0.2) is 12.2 Å². The van der Waals surface area contributed by atoms with Crippen LogP contribution < -0.4 is 4.74 Å². The van der Waals surface area contributed by atoms with Crippen molar-refractivity contribution >= 4 is 35.5 Å². The second-order valence-corrected chi connectivity index (χ2v) is 12.5. The van der Waals surface area contributed by atoms with Crippen molar-refractivity contribution in [1.82, 2.24) is 0 Å². The Morgan fingerprint density at radius 1 is 0.826 bits per heavy atom. The van der Waals surface area contributed by atoms with E-state index in [9.17, 15) is 19.2 Å². The van der Waals surface area contributed by atoms with Crippen LogP contribution in [0.3, 0.4) is 0 Å². The Labute approximate surface area is 272 Å². The van der Waals surface area contributed by atoms with Gasteiger partial charge >= 0.3 is 23.9 Å². The van der Waals surface area contributed by atoms with Gasteiger partial charge in [0.05, 0.1) is 6.10 Å². The summed E-state index contributed by atoms with van der Waals surface area (Å²) in [6, 6.07) is 12.9. The van der Waals surface area contributed by atoms with Crippen molar-refractivity contribution in [3.05, 3.63) is 64.2 Å². The van der Waals surface area contributed by atoms with Crippen LogP contribution in [0.1, 0.15) is 63.6 Å². The fourth-order valence-electron chi connectivity index (χ4n) is 6.56. The molecule has 46 heavy (non-hydrogen) atoms. The van der Waals surface area contributed by atoms with Crippen molar-refractivity contribution < 1.29 is 52.3 Å². The molecule has 12 heteroatoms. The van der Waals surface area contributed by atoms with Crippen LogP contribution in [0.15, 0.2) is 42.5 Å². The lowest BCUT2D eigenvalue weighted by atomic mass is 9.86. The van der Waals surface area contributed by atoms with Crippen molar-refractivity contribution in [1.29, 1.82) is 0 Å². The maximum absolute atomic E-state index is 12.4. The number of carbonyl (C=O) groups excluding carboxylic acids is 4. The molecule has 11 nitrogen and oxygen atoms in total. The molecule has 2 aliphatic carbocycles. The lowest BCUT2D eigenvalue weighted by molar-refractivity contribution is -0.367. The van der Waals surface area contributed by atoms with Gasteiger partial charge in [0.1, 0.15) is 18.5 Å². The SMILES string of the molecule is COC1(c2ccc(Cl)c(Cc3ccc(OC4CC5CC5C4)cc3)c2)O[C@H](COC(C)=O)[C@@H](OC(C)=O)[C@H](OC(C)=O)[C@H]1OC(C)=O. The van der Waals surface area contributed by atoms with Gasteiger partial charge in [-0.2, -0.15) is 0 Å². The largest absolute Gasteiger partial charge is 0.490 e. The number of benzene rings is 2. The monoisotopic (exact) mass is 658 g/mol. The number of methoxy groups -OCH3 is 1. The average Bonchev–Trinajstić information content (AvgIpc) is 3.60. The number of carbonyl (C=O) groups is 4. The molecule has 0 bridgehead atoms. The van der Waals surface area contributed by atoms with Crippen LogP contribution in [0.2, 0.25) is 5.02 Å². The third kappa shape index (κ3) is 7.65. The van der Waals surface area contributed by atoms with Gasteiger partial charge in [-0.15, -0.1) is 0 Å². The molecule has 0 radical (unpaired) electrons. The van der Waals surface area contributed by atoms with Crippen molar-refractivity contribution in [2.75, 3.05) is 13.7 Å². The van der Waals surface area contributed by atoms with Gasteiger partial charge < -0.3 is 33.2 Å². The van der Waals surface area contributed by atoms with Crippen LogP contribution in [0.5, 0.6) is 5.75 Å². The summed E-state index contributed by atoms with van der Waals surface area (Å²) in [5.74, 6) is -2.25. The second-order valence-electron chi connectivity index (χ2n) is 12.1. The van der Waals surface area contributed by atoms with Gasteiger partial charge in [-0.05, 0) is 72.9 Å². The zero-order valence-electron chi connectivity index (χ0n) is 26.5. The van der Waals surface area contributed by atoms with Crippen LogP contribution in [0.25, 0.3) is 0 Å². The summed E-state index contributed by atoms with van der Waals surface area (Å²) in [4.78, 5) is 48.7.